The summed E-state index contributed by atoms with van der Waals surface area (Å²) in [5.41, 5.74) is 2.62. The Morgan fingerprint density at radius 2 is 2.10 bits per heavy atom. The monoisotopic (exact) mass is 440 g/mol. The number of sulfonamides is 1. The predicted molar refractivity (Wildman–Crippen MR) is 116 cm³/mol. The second-order valence-corrected chi connectivity index (χ2v) is 9.75. The summed E-state index contributed by atoms with van der Waals surface area (Å²) in [4.78, 5) is 21.2. The number of carbonyl (C=O) groups excluding carboxylic acids is 1. The van der Waals surface area contributed by atoms with Gasteiger partial charge in [0.2, 0.25) is 10.0 Å². The van der Waals surface area contributed by atoms with Crippen molar-refractivity contribution in [3.8, 4) is 0 Å². The summed E-state index contributed by atoms with van der Waals surface area (Å²) in [6.07, 6.45) is 6.19. The summed E-state index contributed by atoms with van der Waals surface area (Å²) in [5.74, 6) is -0.0614. The van der Waals surface area contributed by atoms with Crippen LogP contribution in [0.15, 0.2) is 49.1 Å². The summed E-state index contributed by atoms with van der Waals surface area (Å²) in [6, 6.07) is 8.88. The number of rotatable bonds is 6. The van der Waals surface area contributed by atoms with Gasteiger partial charge in [0.15, 0.2) is 5.82 Å². The number of hydrogen-bond acceptors (Lipinski definition) is 6. The quantitative estimate of drug-likeness (QED) is 0.629. The minimum atomic E-state index is -3.48. The number of nitrogens with one attached hydrogen (secondary N) is 1. The molecule has 0 radical (unpaired) electrons. The van der Waals surface area contributed by atoms with Crippen LogP contribution in [0.2, 0.25) is 0 Å². The normalized spacial score (nSPS) is 15.9. The highest BCUT2D eigenvalue weighted by molar-refractivity contribution is 7.92. The van der Waals surface area contributed by atoms with Crippen LogP contribution in [0, 0.1) is 0 Å². The lowest BCUT2D eigenvalue weighted by molar-refractivity contribution is 0.0951. The van der Waals surface area contributed by atoms with E-state index in [1.54, 1.807) is 41.6 Å². The predicted octanol–water partition coefficient (Wildman–Crippen LogP) is 2.10. The lowest BCUT2D eigenvalue weighted by Gasteiger charge is -2.16. The molecule has 1 aliphatic heterocycles. The van der Waals surface area contributed by atoms with Crippen molar-refractivity contribution < 1.29 is 13.2 Å². The number of pyridine rings is 1. The summed E-state index contributed by atoms with van der Waals surface area (Å²) in [6.45, 7) is 4.54. The molecule has 10 heteroatoms. The number of nitrogens with zero attached hydrogens (tertiary/aromatic N) is 5. The third kappa shape index (κ3) is 4.29. The van der Waals surface area contributed by atoms with Crippen molar-refractivity contribution >= 4 is 21.6 Å². The highest BCUT2D eigenvalue weighted by Gasteiger charge is 2.37. The Labute approximate surface area is 181 Å². The number of fused-ring (bicyclic) bond motifs is 1. The lowest BCUT2D eigenvalue weighted by Crippen LogP contribution is -2.29. The number of aromatic nitrogens is 4. The molecule has 0 aliphatic carbocycles. The van der Waals surface area contributed by atoms with Gasteiger partial charge in [-0.1, -0.05) is 6.07 Å². The number of amides is 1. The fourth-order valence-electron chi connectivity index (χ4n) is 3.58. The van der Waals surface area contributed by atoms with Crippen LogP contribution in [-0.4, -0.2) is 46.9 Å². The third-order valence-corrected chi connectivity index (χ3v) is 6.37. The molecule has 0 fully saturated rings. The van der Waals surface area contributed by atoms with Crippen LogP contribution in [0.4, 0.5) is 5.69 Å². The maximum atomic E-state index is 12.7. The molecule has 0 saturated heterocycles. The molecule has 2 aromatic heterocycles. The minimum Gasteiger partial charge on any atom is -0.348 e. The van der Waals surface area contributed by atoms with E-state index >= 15 is 0 Å². The molecule has 1 N–H and O–H groups in total. The first-order valence-corrected chi connectivity index (χ1v) is 11.8. The van der Waals surface area contributed by atoms with Gasteiger partial charge in [-0.05, 0) is 49.2 Å². The maximum absolute atomic E-state index is 12.7. The van der Waals surface area contributed by atoms with E-state index < -0.39 is 10.0 Å². The largest absolute Gasteiger partial charge is 0.348 e. The standard InChI is InChI=1S/C21H24N6O3S/c1-14(2)26-13-24-20(25-26)18-12-27(31(3,29)30)19-7-6-16(9-17(18)19)21(28)23-11-15-5-4-8-22-10-15/h4-10,13-14,18H,11-12H2,1-3H3,(H,23,28)/t18-/m0/s1. The second kappa shape index (κ2) is 8.10. The molecule has 3 heterocycles. The number of carbonyl (C=O) groups is 1. The number of hydrogen-bond donors (Lipinski definition) is 1. The fraction of sp³-hybridized carbons (Fsp3) is 0.333. The van der Waals surface area contributed by atoms with E-state index in [4.69, 9.17) is 0 Å². The van der Waals surface area contributed by atoms with Crippen LogP contribution < -0.4 is 9.62 Å². The van der Waals surface area contributed by atoms with Gasteiger partial charge in [-0.2, -0.15) is 5.10 Å². The van der Waals surface area contributed by atoms with Gasteiger partial charge in [-0.15, -0.1) is 0 Å². The Morgan fingerprint density at radius 3 is 2.74 bits per heavy atom. The van der Waals surface area contributed by atoms with Crippen molar-refractivity contribution in [3.63, 3.8) is 0 Å². The zero-order valence-electron chi connectivity index (χ0n) is 17.6. The fourth-order valence-corrected chi connectivity index (χ4v) is 4.53. The number of benzene rings is 1. The van der Waals surface area contributed by atoms with E-state index in [0.717, 1.165) is 11.1 Å². The average Bonchev–Trinajstić information content (AvgIpc) is 3.37. The van der Waals surface area contributed by atoms with Crippen molar-refractivity contribution in [1.82, 2.24) is 25.1 Å². The van der Waals surface area contributed by atoms with Gasteiger partial charge in [-0.25, -0.2) is 13.4 Å². The first-order chi connectivity index (χ1) is 14.7. The molecule has 0 spiro atoms. The van der Waals surface area contributed by atoms with Crippen LogP contribution in [0.3, 0.4) is 0 Å². The Hall–Kier alpha value is -3.27. The van der Waals surface area contributed by atoms with E-state index in [-0.39, 0.29) is 24.4 Å². The Bertz CT molecular complexity index is 1210. The first-order valence-electron chi connectivity index (χ1n) is 9.94. The molecule has 0 saturated carbocycles. The molecule has 9 nitrogen and oxygen atoms in total. The van der Waals surface area contributed by atoms with Gasteiger partial charge < -0.3 is 5.32 Å². The summed E-state index contributed by atoms with van der Waals surface area (Å²) >= 11 is 0. The van der Waals surface area contributed by atoms with Gasteiger partial charge in [0.25, 0.3) is 5.91 Å². The average molecular weight is 441 g/mol. The molecule has 0 bridgehead atoms. The molecule has 1 aliphatic rings. The van der Waals surface area contributed by atoms with Gasteiger partial charge in [0.1, 0.15) is 6.33 Å². The SMILES string of the molecule is CC(C)n1cnc([C@H]2CN(S(C)(=O)=O)c3ccc(C(=O)NCc4cccnc4)cc32)n1. The van der Waals surface area contributed by atoms with Crippen LogP contribution in [0.25, 0.3) is 0 Å². The molecule has 162 valence electrons. The molecule has 1 amide bonds. The molecule has 3 aromatic rings. The van der Waals surface area contributed by atoms with Crippen molar-refractivity contribution in [1.29, 1.82) is 0 Å². The molecule has 0 unspecified atom stereocenters. The van der Waals surface area contributed by atoms with Crippen molar-refractivity contribution in [2.75, 3.05) is 17.1 Å². The van der Waals surface area contributed by atoms with Gasteiger partial charge in [-0.3, -0.25) is 18.8 Å². The molecule has 1 aromatic carbocycles. The third-order valence-electron chi connectivity index (χ3n) is 5.23. The van der Waals surface area contributed by atoms with Crippen LogP contribution >= 0.6 is 0 Å². The van der Waals surface area contributed by atoms with Crippen molar-refractivity contribution in [3.05, 3.63) is 71.6 Å². The highest BCUT2D eigenvalue weighted by Crippen LogP contribution is 2.40. The van der Waals surface area contributed by atoms with E-state index in [9.17, 15) is 13.2 Å². The molecule has 4 rings (SSSR count). The summed E-state index contributed by atoms with van der Waals surface area (Å²) in [7, 11) is -3.48. The van der Waals surface area contributed by atoms with Gasteiger partial charge in [0, 0.05) is 37.1 Å². The van der Waals surface area contributed by atoms with Crippen LogP contribution in [-0.2, 0) is 16.6 Å². The van der Waals surface area contributed by atoms with E-state index in [0.29, 0.717) is 23.6 Å². The first kappa shape index (κ1) is 21.0. The van der Waals surface area contributed by atoms with Crippen LogP contribution in [0.1, 0.15) is 53.1 Å². The van der Waals surface area contributed by atoms with Crippen molar-refractivity contribution in [2.45, 2.75) is 32.4 Å². The van der Waals surface area contributed by atoms with E-state index in [2.05, 4.69) is 20.4 Å². The topological polar surface area (TPSA) is 110 Å². The number of anilines is 1. The zero-order chi connectivity index (χ0) is 22.2. The molecular weight excluding hydrogens is 416 g/mol. The minimum absolute atomic E-state index is 0.137. The van der Waals surface area contributed by atoms with Crippen LogP contribution in [0.5, 0.6) is 0 Å². The Morgan fingerprint density at radius 1 is 1.29 bits per heavy atom. The van der Waals surface area contributed by atoms with E-state index in [1.807, 2.05) is 26.0 Å². The Kier molecular flexibility index (Phi) is 5.48. The van der Waals surface area contributed by atoms with Gasteiger partial charge in [0.05, 0.1) is 17.9 Å². The smallest absolute Gasteiger partial charge is 0.251 e. The maximum Gasteiger partial charge on any atom is 0.251 e. The van der Waals surface area contributed by atoms with Gasteiger partial charge >= 0.3 is 0 Å². The highest BCUT2D eigenvalue weighted by atomic mass is 32.2. The summed E-state index contributed by atoms with van der Waals surface area (Å²) in [5, 5.41) is 7.41. The second-order valence-electron chi connectivity index (χ2n) is 7.84. The zero-order valence-corrected chi connectivity index (χ0v) is 18.4. The Balaban J connectivity index is 1.65. The lowest BCUT2D eigenvalue weighted by atomic mass is 9.98. The molecule has 31 heavy (non-hydrogen) atoms. The summed E-state index contributed by atoms with van der Waals surface area (Å²) < 4.78 is 27.8. The molecule has 1 atom stereocenters. The van der Waals surface area contributed by atoms with E-state index in [1.165, 1.54) is 10.6 Å². The molecular formula is C21H24N6O3S. The van der Waals surface area contributed by atoms with Crippen molar-refractivity contribution in [2.24, 2.45) is 0 Å².